The van der Waals surface area contributed by atoms with E-state index in [0.29, 0.717) is 44.1 Å². The lowest BCUT2D eigenvalue weighted by molar-refractivity contribution is -0.128. The number of benzene rings is 1. The molecule has 2 saturated heterocycles. The molecule has 0 aliphatic carbocycles. The van der Waals surface area contributed by atoms with Gasteiger partial charge < -0.3 is 19.7 Å². The third-order valence-corrected chi connectivity index (χ3v) is 8.00. The summed E-state index contributed by atoms with van der Waals surface area (Å²) in [6.07, 6.45) is 5.82. The zero-order valence-electron chi connectivity index (χ0n) is 20.2. The predicted molar refractivity (Wildman–Crippen MR) is 141 cm³/mol. The summed E-state index contributed by atoms with van der Waals surface area (Å²) in [5.74, 6) is 1.84. The van der Waals surface area contributed by atoms with E-state index < -0.39 is 0 Å². The van der Waals surface area contributed by atoms with Gasteiger partial charge in [0.15, 0.2) is 17.3 Å². The molecule has 186 valence electrons. The first-order valence-corrected chi connectivity index (χ1v) is 13.5. The molecule has 0 radical (unpaired) electrons. The summed E-state index contributed by atoms with van der Waals surface area (Å²) < 4.78 is 3.22. The molecule has 9 nitrogen and oxygen atoms in total. The van der Waals surface area contributed by atoms with Gasteiger partial charge in [-0.2, -0.15) is 0 Å². The Bertz CT molecular complexity index is 1430. The van der Waals surface area contributed by atoms with Crippen LogP contribution in [0, 0.1) is 0 Å². The van der Waals surface area contributed by atoms with E-state index in [1.807, 2.05) is 26.5 Å². The Morgan fingerprint density at radius 2 is 1.72 bits per heavy atom. The van der Waals surface area contributed by atoms with Gasteiger partial charge in [0.1, 0.15) is 5.52 Å². The minimum atomic E-state index is 0.221. The van der Waals surface area contributed by atoms with E-state index in [2.05, 4.69) is 27.8 Å². The SMILES string of the molecule is O=C1CCCN1CCCNc1nc(-c2csc3ccccc23)nc2c1ncn2CCN1CCCC1=O. The second-order valence-corrected chi connectivity index (χ2v) is 10.3. The van der Waals surface area contributed by atoms with Crippen molar-refractivity contribution in [3.8, 4) is 11.4 Å². The number of carbonyl (C=O) groups is 2. The molecular formula is C26H29N7O2S. The minimum absolute atomic E-state index is 0.221. The van der Waals surface area contributed by atoms with Crippen LogP contribution in [0.2, 0.25) is 0 Å². The van der Waals surface area contributed by atoms with E-state index in [1.54, 1.807) is 17.7 Å². The van der Waals surface area contributed by atoms with Crippen molar-refractivity contribution in [2.75, 3.05) is 38.0 Å². The van der Waals surface area contributed by atoms with Gasteiger partial charge in [-0.3, -0.25) is 9.59 Å². The van der Waals surface area contributed by atoms with Crippen molar-refractivity contribution in [1.82, 2.24) is 29.3 Å². The van der Waals surface area contributed by atoms with Gasteiger partial charge in [-0.25, -0.2) is 15.0 Å². The second-order valence-electron chi connectivity index (χ2n) is 9.40. The van der Waals surface area contributed by atoms with Crippen LogP contribution in [0.1, 0.15) is 32.1 Å². The topological polar surface area (TPSA) is 96.2 Å². The smallest absolute Gasteiger partial charge is 0.222 e. The van der Waals surface area contributed by atoms with Crippen LogP contribution in [-0.4, -0.2) is 73.9 Å². The fourth-order valence-electron chi connectivity index (χ4n) is 5.09. The Morgan fingerprint density at radius 3 is 2.50 bits per heavy atom. The highest BCUT2D eigenvalue weighted by molar-refractivity contribution is 7.17. The standard InChI is InChI=1S/C26H29N7O2S/c34-21-8-3-11-31(21)13-5-10-27-25-23-26(33(17-28-23)15-14-32-12-4-9-22(32)35)30-24(29-25)19-16-36-20-7-2-1-6-18(19)20/h1-2,6-7,16-17H,3-5,8-15H2,(H,27,29,30). The normalized spacial score (nSPS) is 16.2. The number of rotatable bonds is 9. The van der Waals surface area contributed by atoms with Crippen molar-refractivity contribution in [3.63, 3.8) is 0 Å². The van der Waals surface area contributed by atoms with Crippen molar-refractivity contribution >= 4 is 50.2 Å². The lowest BCUT2D eigenvalue weighted by Crippen LogP contribution is -2.28. The largest absolute Gasteiger partial charge is 0.368 e. The van der Waals surface area contributed by atoms with E-state index >= 15 is 0 Å². The van der Waals surface area contributed by atoms with Crippen molar-refractivity contribution in [1.29, 1.82) is 0 Å². The molecule has 0 bridgehead atoms. The molecule has 0 unspecified atom stereocenters. The van der Waals surface area contributed by atoms with Crippen LogP contribution in [0.5, 0.6) is 0 Å². The summed E-state index contributed by atoms with van der Waals surface area (Å²) in [5.41, 5.74) is 2.49. The first-order chi connectivity index (χ1) is 17.7. The van der Waals surface area contributed by atoms with Gasteiger partial charge in [-0.15, -0.1) is 11.3 Å². The number of imidazole rings is 1. The molecule has 2 aliphatic heterocycles. The fourth-order valence-corrected chi connectivity index (χ4v) is 6.03. The number of nitrogens with one attached hydrogen (secondary N) is 1. The molecule has 3 aromatic heterocycles. The summed E-state index contributed by atoms with van der Waals surface area (Å²) in [5, 5.41) is 6.71. The average molecular weight is 504 g/mol. The Kier molecular flexibility index (Phi) is 6.27. The molecule has 0 spiro atoms. The van der Waals surface area contributed by atoms with Crippen LogP contribution in [0.15, 0.2) is 36.0 Å². The molecule has 6 rings (SSSR count). The number of nitrogens with zero attached hydrogens (tertiary/aromatic N) is 6. The van der Waals surface area contributed by atoms with Gasteiger partial charge in [0.05, 0.1) is 6.33 Å². The molecule has 2 aliphatic rings. The first-order valence-electron chi connectivity index (χ1n) is 12.7. The quantitative estimate of drug-likeness (QED) is 0.350. The lowest BCUT2D eigenvalue weighted by Gasteiger charge is -2.16. The number of hydrogen-bond acceptors (Lipinski definition) is 7. The number of fused-ring (bicyclic) bond motifs is 2. The predicted octanol–water partition coefficient (Wildman–Crippen LogP) is 3.75. The Morgan fingerprint density at radius 1 is 0.944 bits per heavy atom. The third-order valence-electron chi connectivity index (χ3n) is 7.04. The molecule has 5 heterocycles. The fraction of sp³-hybridized carbons (Fsp3) is 0.423. The number of thiophene rings is 1. The number of likely N-dealkylation sites (tertiary alicyclic amines) is 2. The van der Waals surface area contributed by atoms with Crippen LogP contribution in [0.3, 0.4) is 0 Å². The number of aromatic nitrogens is 4. The summed E-state index contributed by atoms with van der Waals surface area (Å²) in [6.45, 7) is 4.40. The Hall–Kier alpha value is -3.53. The summed E-state index contributed by atoms with van der Waals surface area (Å²) in [6, 6.07) is 8.29. The lowest BCUT2D eigenvalue weighted by atomic mass is 10.1. The van der Waals surface area contributed by atoms with Gasteiger partial charge in [-0.1, -0.05) is 18.2 Å². The van der Waals surface area contributed by atoms with Crippen molar-refractivity contribution in [2.24, 2.45) is 0 Å². The molecule has 1 aromatic carbocycles. The molecule has 10 heteroatoms. The van der Waals surface area contributed by atoms with Gasteiger partial charge in [0.25, 0.3) is 0 Å². The molecule has 0 saturated carbocycles. The summed E-state index contributed by atoms with van der Waals surface area (Å²) in [4.78, 5) is 42.4. The molecule has 2 amide bonds. The van der Waals surface area contributed by atoms with Gasteiger partial charge >= 0.3 is 0 Å². The third kappa shape index (κ3) is 4.41. The average Bonchev–Trinajstić information content (AvgIpc) is 3.68. The van der Waals surface area contributed by atoms with E-state index in [4.69, 9.17) is 9.97 Å². The Balaban J connectivity index is 1.29. The maximum absolute atomic E-state index is 12.1. The van der Waals surface area contributed by atoms with Crippen LogP contribution < -0.4 is 5.32 Å². The molecule has 36 heavy (non-hydrogen) atoms. The molecule has 0 atom stereocenters. The zero-order valence-corrected chi connectivity index (χ0v) is 21.0. The molecule has 4 aromatic rings. The van der Waals surface area contributed by atoms with E-state index in [1.165, 1.54) is 4.70 Å². The van der Waals surface area contributed by atoms with E-state index in [-0.39, 0.29) is 11.8 Å². The second kappa shape index (κ2) is 9.85. The number of amides is 2. The van der Waals surface area contributed by atoms with Crippen molar-refractivity contribution in [2.45, 2.75) is 38.6 Å². The summed E-state index contributed by atoms with van der Waals surface area (Å²) in [7, 11) is 0. The number of anilines is 1. The number of carbonyl (C=O) groups excluding carboxylic acids is 2. The van der Waals surface area contributed by atoms with E-state index in [0.717, 1.165) is 61.0 Å². The first kappa shape index (κ1) is 22.9. The van der Waals surface area contributed by atoms with Gasteiger partial charge in [0, 0.05) is 73.1 Å². The van der Waals surface area contributed by atoms with Gasteiger partial charge in [-0.05, 0) is 25.3 Å². The molecule has 1 N–H and O–H groups in total. The maximum Gasteiger partial charge on any atom is 0.222 e. The van der Waals surface area contributed by atoms with Crippen molar-refractivity contribution in [3.05, 3.63) is 36.0 Å². The van der Waals surface area contributed by atoms with Crippen LogP contribution in [0.4, 0.5) is 5.82 Å². The molecule has 2 fully saturated rings. The van der Waals surface area contributed by atoms with Crippen LogP contribution in [0.25, 0.3) is 32.6 Å². The maximum atomic E-state index is 12.1. The molecular weight excluding hydrogens is 474 g/mol. The van der Waals surface area contributed by atoms with Crippen LogP contribution in [-0.2, 0) is 16.1 Å². The van der Waals surface area contributed by atoms with E-state index in [9.17, 15) is 9.59 Å². The highest BCUT2D eigenvalue weighted by Gasteiger charge is 2.22. The van der Waals surface area contributed by atoms with Crippen LogP contribution >= 0.6 is 11.3 Å². The zero-order chi connectivity index (χ0) is 24.5. The monoisotopic (exact) mass is 503 g/mol. The Labute approximate surface area is 213 Å². The highest BCUT2D eigenvalue weighted by atomic mass is 32.1. The minimum Gasteiger partial charge on any atom is -0.368 e. The summed E-state index contributed by atoms with van der Waals surface area (Å²) >= 11 is 1.68. The highest BCUT2D eigenvalue weighted by Crippen LogP contribution is 2.34. The van der Waals surface area contributed by atoms with Crippen molar-refractivity contribution < 1.29 is 9.59 Å². The number of hydrogen-bond donors (Lipinski definition) is 1. The van der Waals surface area contributed by atoms with Gasteiger partial charge in [0.2, 0.25) is 11.8 Å².